The predicted octanol–water partition coefficient (Wildman–Crippen LogP) is 1.81. The molecule has 0 bridgehead atoms. The molecule has 0 aliphatic carbocycles. The van der Waals surface area contributed by atoms with Crippen molar-refractivity contribution in [1.29, 1.82) is 5.26 Å². The number of benzene rings is 1. The number of amides is 1. The lowest BCUT2D eigenvalue weighted by Gasteiger charge is -2.24. The van der Waals surface area contributed by atoms with Gasteiger partial charge in [0.15, 0.2) is 0 Å². The van der Waals surface area contributed by atoms with Crippen molar-refractivity contribution in [1.82, 2.24) is 4.98 Å². The van der Waals surface area contributed by atoms with Crippen LogP contribution in [0.15, 0.2) is 30.5 Å². The minimum Gasteiger partial charge on any atom is -0.369 e. The molecule has 1 aliphatic heterocycles. The summed E-state index contributed by atoms with van der Waals surface area (Å²) in [5.41, 5.74) is 7.20. The Labute approximate surface area is 123 Å². The summed E-state index contributed by atoms with van der Waals surface area (Å²) in [6.45, 7) is 3.12. The Balaban J connectivity index is 2.13. The first-order valence-corrected chi connectivity index (χ1v) is 6.88. The lowest BCUT2D eigenvalue weighted by atomic mass is 9.89. The van der Waals surface area contributed by atoms with E-state index in [1.165, 1.54) is 0 Å². The second kappa shape index (κ2) is 4.74. The summed E-state index contributed by atoms with van der Waals surface area (Å²) in [4.78, 5) is 18.0. The number of nitrogens with zero attached hydrogens (tertiary/aromatic N) is 3. The van der Waals surface area contributed by atoms with Crippen molar-refractivity contribution in [3.8, 4) is 6.07 Å². The Kier molecular flexibility index (Phi) is 3.02. The Bertz CT molecular complexity index is 764. The zero-order valence-electron chi connectivity index (χ0n) is 11.8. The van der Waals surface area contributed by atoms with Crippen molar-refractivity contribution in [2.75, 3.05) is 18.0 Å². The number of nitrogens with two attached hydrogens (primary N) is 1. The fourth-order valence-electron chi connectivity index (χ4n) is 2.90. The number of rotatable bonds is 2. The first-order chi connectivity index (χ1) is 10.0. The highest BCUT2D eigenvalue weighted by molar-refractivity contribution is 5.95. The van der Waals surface area contributed by atoms with E-state index in [4.69, 9.17) is 5.73 Å². The lowest BCUT2D eigenvalue weighted by molar-refractivity contribution is -0.125. The standard InChI is InChI=1S/C16H16N4O/c1-16(15(18)21)6-7-20(10-16)14-11(8-17)9-19-13-5-3-2-4-12(13)14/h2-5,9H,6-7,10H2,1H3,(H2,18,21). The van der Waals surface area contributed by atoms with Crippen molar-refractivity contribution >= 4 is 22.5 Å². The average molecular weight is 280 g/mol. The highest BCUT2D eigenvalue weighted by Gasteiger charge is 2.39. The predicted molar refractivity (Wildman–Crippen MR) is 80.6 cm³/mol. The molecule has 0 spiro atoms. The van der Waals surface area contributed by atoms with Gasteiger partial charge in [0.1, 0.15) is 6.07 Å². The van der Waals surface area contributed by atoms with Crippen LogP contribution in [-0.4, -0.2) is 24.0 Å². The van der Waals surface area contributed by atoms with Gasteiger partial charge in [-0.05, 0) is 19.4 Å². The molecule has 1 aliphatic rings. The highest BCUT2D eigenvalue weighted by atomic mass is 16.1. The second-order valence-corrected chi connectivity index (χ2v) is 5.75. The quantitative estimate of drug-likeness (QED) is 0.909. The van der Waals surface area contributed by atoms with Crippen molar-refractivity contribution in [3.63, 3.8) is 0 Å². The number of fused-ring (bicyclic) bond motifs is 1. The highest BCUT2D eigenvalue weighted by Crippen LogP contribution is 2.37. The molecule has 2 N–H and O–H groups in total. The average Bonchev–Trinajstić information content (AvgIpc) is 2.89. The molecule has 1 saturated heterocycles. The van der Waals surface area contributed by atoms with Gasteiger partial charge in [-0.25, -0.2) is 0 Å². The zero-order chi connectivity index (χ0) is 15.0. The largest absolute Gasteiger partial charge is 0.369 e. The summed E-state index contributed by atoms with van der Waals surface area (Å²) in [7, 11) is 0. The van der Waals surface area contributed by atoms with Crippen LogP contribution in [0, 0.1) is 16.7 Å². The van der Waals surface area contributed by atoms with Gasteiger partial charge >= 0.3 is 0 Å². The second-order valence-electron chi connectivity index (χ2n) is 5.75. The van der Waals surface area contributed by atoms with Crippen molar-refractivity contribution in [3.05, 3.63) is 36.0 Å². The third kappa shape index (κ3) is 2.09. The number of nitriles is 1. The van der Waals surface area contributed by atoms with E-state index in [-0.39, 0.29) is 5.91 Å². The topological polar surface area (TPSA) is 83.0 Å². The maximum absolute atomic E-state index is 11.6. The molecule has 1 aromatic carbocycles. The van der Waals surface area contributed by atoms with Crippen LogP contribution < -0.4 is 10.6 Å². The molecule has 1 aromatic heterocycles. The number of para-hydroxylation sites is 1. The molecular formula is C16H16N4O. The first kappa shape index (κ1) is 13.4. The normalized spacial score (nSPS) is 21.4. The fraction of sp³-hybridized carbons (Fsp3) is 0.312. The molecule has 5 heteroatoms. The van der Waals surface area contributed by atoms with Gasteiger partial charge in [0.25, 0.3) is 0 Å². The molecule has 2 heterocycles. The maximum atomic E-state index is 11.6. The molecular weight excluding hydrogens is 264 g/mol. The Hall–Kier alpha value is -2.61. The smallest absolute Gasteiger partial charge is 0.225 e. The van der Waals surface area contributed by atoms with Gasteiger partial charge in [-0.1, -0.05) is 18.2 Å². The summed E-state index contributed by atoms with van der Waals surface area (Å²) in [6, 6.07) is 9.93. The number of carbonyl (C=O) groups excluding carboxylic acids is 1. The van der Waals surface area contributed by atoms with Crippen LogP contribution in [0.1, 0.15) is 18.9 Å². The summed E-state index contributed by atoms with van der Waals surface area (Å²) >= 11 is 0. The summed E-state index contributed by atoms with van der Waals surface area (Å²) in [5, 5.41) is 10.3. The Morgan fingerprint density at radius 1 is 1.48 bits per heavy atom. The van der Waals surface area contributed by atoms with Gasteiger partial charge < -0.3 is 10.6 Å². The summed E-state index contributed by atoms with van der Waals surface area (Å²) in [5.74, 6) is -0.290. The lowest BCUT2D eigenvalue weighted by Crippen LogP contribution is -2.37. The van der Waals surface area contributed by atoms with Gasteiger partial charge in [-0.15, -0.1) is 0 Å². The van der Waals surface area contributed by atoms with Crippen LogP contribution in [0.5, 0.6) is 0 Å². The molecule has 0 saturated carbocycles. The minimum absolute atomic E-state index is 0.290. The molecule has 0 radical (unpaired) electrons. The van der Waals surface area contributed by atoms with E-state index >= 15 is 0 Å². The number of aromatic nitrogens is 1. The van der Waals surface area contributed by atoms with E-state index < -0.39 is 5.41 Å². The first-order valence-electron chi connectivity index (χ1n) is 6.88. The number of anilines is 1. The molecule has 106 valence electrons. The van der Waals surface area contributed by atoms with E-state index in [0.29, 0.717) is 25.1 Å². The van der Waals surface area contributed by atoms with Crippen LogP contribution in [0.2, 0.25) is 0 Å². The van der Waals surface area contributed by atoms with Gasteiger partial charge in [0.2, 0.25) is 5.91 Å². The van der Waals surface area contributed by atoms with Gasteiger partial charge in [0, 0.05) is 24.7 Å². The van der Waals surface area contributed by atoms with Crippen LogP contribution in [0.4, 0.5) is 5.69 Å². The fourth-order valence-corrected chi connectivity index (χ4v) is 2.90. The molecule has 5 nitrogen and oxygen atoms in total. The van der Waals surface area contributed by atoms with Gasteiger partial charge in [-0.2, -0.15) is 5.26 Å². The monoisotopic (exact) mass is 280 g/mol. The zero-order valence-corrected chi connectivity index (χ0v) is 11.8. The van der Waals surface area contributed by atoms with Crippen molar-refractivity contribution in [2.45, 2.75) is 13.3 Å². The van der Waals surface area contributed by atoms with Crippen molar-refractivity contribution in [2.24, 2.45) is 11.1 Å². The minimum atomic E-state index is -0.545. The van der Waals surface area contributed by atoms with E-state index in [9.17, 15) is 10.1 Å². The van der Waals surface area contributed by atoms with E-state index in [0.717, 1.165) is 16.6 Å². The molecule has 1 fully saturated rings. The number of hydrogen-bond acceptors (Lipinski definition) is 4. The molecule has 21 heavy (non-hydrogen) atoms. The molecule has 3 rings (SSSR count). The van der Waals surface area contributed by atoms with Gasteiger partial charge in [-0.3, -0.25) is 9.78 Å². The molecule has 1 amide bonds. The van der Waals surface area contributed by atoms with Crippen molar-refractivity contribution < 1.29 is 4.79 Å². The maximum Gasteiger partial charge on any atom is 0.225 e. The summed E-state index contributed by atoms with van der Waals surface area (Å²) in [6.07, 6.45) is 2.29. The third-order valence-electron chi connectivity index (χ3n) is 4.25. The molecule has 1 unspecified atom stereocenters. The van der Waals surface area contributed by atoms with Crippen LogP contribution >= 0.6 is 0 Å². The van der Waals surface area contributed by atoms with E-state index in [2.05, 4.69) is 16.0 Å². The Morgan fingerprint density at radius 3 is 2.90 bits per heavy atom. The molecule has 2 aromatic rings. The van der Waals surface area contributed by atoms with Gasteiger partial charge in [0.05, 0.1) is 22.2 Å². The molecule has 1 atom stereocenters. The van der Waals surface area contributed by atoms with Crippen LogP contribution in [0.3, 0.4) is 0 Å². The number of primary amides is 1. The number of pyridine rings is 1. The third-order valence-corrected chi connectivity index (χ3v) is 4.25. The number of hydrogen-bond donors (Lipinski definition) is 1. The van der Waals surface area contributed by atoms with E-state index in [1.807, 2.05) is 31.2 Å². The van der Waals surface area contributed by atoms with E-state index in [1.54, 1.807) is 6.20 Å². The van der Waals surface area contributed by atoms with Crippen LogP contribution in [0.25, 0.3) is 10.9 Å². The Morgan fingerprint density at radius 2 is 2.24 bits per heavy atom. The SMILES string of the molecule is CC1(C(N)=O)CCN(c2c(C#N)cnc3ccccc23)C1. The summed E-state index contributed by atoms with van der Waals surface area (Å²) < 4.78 is 0. The number of carbonyl (C=O) groups is 1. The van der Waals surface area contributed by atoms with Crippen LogP contribution in [-0.2, 0) is 4.79 Å².